The highest BCUT2D eigenvalue weighted by molar-refractivity contribution is 6.40. The maximum absolute atomic E-state index is 13.1. The number of imide groups is 2. The fourth-order valence-corrected chi connectivity index (χ4v) is 3.93. The van der Waals surface area contributed by atoms with E-state index in [0.717, 1.165) is 12.1 Å². The van der Waals surface area contributed by atoms with Crippen molar-refractivity contribution in [1.29, 1.82) is 0 Å². The zero-order valence-electron chi connectivity index (χ0n) is 18.0. The smallest absolute Gasteiger partial charge is 0.335 e. The minimum atomic E-state index is -1.00. The molecule has 0 radical (unpaired) electrons. The van der Waals surface area contributed by atoms with E-state index >= 15 is 0 Å². The van der Waals surface area contributed by atoms with Gasteiger partial charge in [-0.2, -0.15) is 0 Å². The quantitative estimate of drug-likeness (QED) is 0.200. The number of nitrogens with zero attached hydrogens (tertiary/aromatic N) is 2. The minimum absolute atomic E-state index is 0.0297. The molecule has 0 bridgehead atoms. The molecule has 0 aromatic heterocycles. The third-order valence-corrected chi connectivity index (χ3v) is 5.61. The lowest BCUT2D eigenvalue weighted by Gasteiger charge is -2.26. The summed E-state index contributed by atoms with van der Waals surface area (Å²) in [4.78, 5) is 48.7. The summed E-state index contributed by atoms with van der Waals surface area (Å²) in [7, 11) is 0. The number of barbiturate groups is 1. The Morgan fingerprint density at radius 1 is 1.00 bits per heavy atom. The number of hydrogen-bond acceptors (Lipinski definition) is 6. The number of urea groups is 1. The number of amides is 4. The lowest BCUT2D eigenvalue weighted by Crippen LogP contribution is -2.54. The van der Waals surface area contributed by atoms with Crippen molar-refractivity contribution in [2.24, 2.45) is 0 Å². The predicted octanol–water partition coefficient (Wildman–Crippen LogP) is 5.29. The molecule has 0 unspecified atom stereocenters. The Balaban J connectivity index is 1.59. The van der Waals surface area contributed by atoms with Crippen LogP contribution in [0.2, 0.25) is 10.0 Å². The molecule has 1 fully saturated rings. The number of nitrogens with one attached hydrogen (secondary N) is 1. The molecule has 1 N–H and O–H groups in total. The summed E-state index contributed by atoms with van der Waals surface area (Å²) >= 11 is 12.6. The van der Waals surface area contributed by atoms with Crippen LogP contribution in [-0.2, 0) is 16.2 Å². The number of non-ortho nitro benzene ring substituents is 1. The third-order valence-electron chi connectivity index (χ3n) is 5.05. The Morgan fingerprint density at radius 3 is 2.19 bits per heavy atom. The van der Waals surface area contributed by atoms with Gasteiger partial charge in [0.05, 0.1) is 20.7 Å². The van der Waals surface area contributed by atoms with Crippen LogP contribution in [0.15, 0.2) is 66.2 Å². The number of carbonyl (C=O) groups is 3. The number of nitro benzene ring substituents is 1. The molecule has 182 valence electrons. The standard InChI is InChI=1S/C24H14Cl2FN3O6/c25-19-10-14(11-20(26)21(19)36-12-13-1-3-15(27)4-2-13)9-18-22(31)28-24(33)29(23(18)32)16-5-7-17(8-6-16)30(34)35/h1-11H,12H2,(H,28,31,33)/b18-9+. The fraction of sp³-hybridized carbons (Fsp3) is 0.0417. The van der Waals surface area contributed by atoms with E-state index in [2.05, 4.69) is 5.32 Å². The van der Waals surface area contributed by atoms with Gasteiger partial charge >= 0.3 is 6.03 Å². The number of nitro groups is 1. The van der Waals surface area contributed by atoms with E-state index in [0.29, 0.717) is 10.5 Å². The maximum atomic E-state index is 13.1. The molecule has 3 aromatic carbocycles. The Hall–Kier alpha value is -4.28. The van der Waals surface area contributed by atoms with E-state index in [9.17, 15) is 28.9 Å². The number of carbonyl (C=O) groups excluding carboxylic acids is 3. The first-order valence-corrected chi connectivity index (χ1v) is 10.9. The highest BCUT2D eigenvalue weighted by atomic mass is 35.5. The minimum Gasteiger partial charge on any atom is -0.486 e. The van der Waals surface area contributed by atoms with Crippen molar-refractivity contribution in [3.05, 3.63) is 103 Å². The summed E-state index contributed by atoms with van der Waals surface area (Å²) in [5, 5.41) is 13.1. The normalized spacial score (nSPS) is 14.7. The van der Waals surface area contributed by atoms with Gasteiger partial charge in [-0.15, -0.1) is 0 Å². The zero-order valence-corrected chi connectivity index (χ0v) is 19.5. The van der Waals surface area contributed by atoms with Crippen LogP contribution in [0.25, 0.3) is 6.08 Å². The maximum Gasteiger partial charge on any atom is 0.335 e. The number of halogens is 3. The van der Waals surface area contributed by atoms with Gasteiger partial charge in [0.1, 0.15) is 18.0 Å². The summed E-state index contributed by atoms with van der Waals surface area (Å²) in [5.74, 6) is -2.12. The van der Waals surface area contributed by atoms with Gasteiger partial charge in [0.2, 0.25) is 0 Å². The Bertz CT molecular complexity index is 1400. The summed E-state index contributed by atoms with van der Waals surface area (Å²) in [6.07, 6.45) is 1.20. The van der Waals surface area contributed by atoms with E-state index in [4.69, 9.17) is 27.9 Å². The zero-order chi connectivity index (χ0) is 26.0. The number of hydrogen-bond donors (Lipinski definition) is 1. The Morgan fingerprint density at radius 2 is 1.61 bits per heavy atom. The van der Waals surface area contributed by atoms with Crippen molar-refractivity contribution in [3.8, 4) is 5.75 Å². The molecule has 3 aromatic rings. The Kier molecular flexibility index (Phi) is 7.00. The fourth-order valence-electron chi connectivity index (χ4n) is 3.32. The largest absolute Gasteiger partial charge is 0.486 e. The van der Waals surface area contributed by atoms with E-state index in [1.54, 1.807) is 12.1 Å². The summed E-state index contributed by atoms with van der Waals surface area (Å²) in [6.45, 7) is 0.0629. The van der Waals surface area contributed by atoms with Gasteiger partial charge in [0.15, 0.2) is 5.75 Å². The second kappa shape index (κ2) is 10.1. The van der Waals surface area contributed by atoms with E-state index in [1.165, 1.54) is 42.5 Å². The molecule has 4 rings (SSSR count). The highest BCUT2D eigenvalue weighted by Gasteiger charge is 2.37. The summed E-state index contributed by atoms with van der Waals surface area (Å²) < 4.78 is 18.7. The summed E-state index contributed by atoms with van der Waals surface area (Å²) in [5.41, 5.74) is 0.356. The lowest BCUT2D eigenvalue weighted by atomic mass is 10.1. The molecule has 1 aliphatic rings. The van der Waals surface area contributed by atoms with Crippen LogP contribution in [-0.4, -0.2) is 22.8 Å². The van der Waals surface area contributed by atoms with Gasteiger partial charge in [-0.1, -0.05) is 35.3 Å². The second-order valence-corrected chi connectivity index (χ2v) is 8.27. The van der Waals surface area contributed by atoms with Crippen molar-refractivity contribution >= 4 is 58.5 Å². The van der Waals surface area contributed by atoms with Crippen LogP contribution >= 0.6 is 23.2 Å². The first-order valence-electron chi connectivity index (χ1n) is 10.2. The monoisotopic (exact) mass is 529 g/mol. The van der Waals surface area contributed by atoms with Crippen LogP contribution in [0.1, 0.15) is 11.1 Å². The van der Waals surface area contributed by atoms with Crippen LogP contribution in [0.3, 0.4) is 0 Å². The van der Waals surface area contributed by atoms with Crippen molar-refractivity contribution in [1.82, 2.24) is 5.32 Å². The summed E-state index contributed by atoms with van der Waals surface area (Å²) in [6, 6.07) is 12.1. The first-order chi connectivity index (χ1) is 17.1. The number of ether oxygens (including phenoxy) is 1. The molecule has 9 nitrogen and oxygen atoms in total. The highest BCUT2D eigenvalue weighted by Crippen LogP contribution is 2.36. The molecule has 0 atom stereocenters. The third kappa shape index (κ3) is 5.19. The number of benzene rings is 3. The van der Waals surface area contributed by atoms with Crippen LogP contribution in [0.4, 0.5) is 20.6 Å². The number of rotatable bonds is 6. The van der Waals surface area contributed by atoms with Gasteiger partial charge in [-0.05, 0) is 53.6 Å². The van der Waals surface area contributed by atoms with Crippen molar-refractivity contribution < 1.29 is 28.4 Å². The van der Waals surface area contributed by atoms with Gasteiger partial charge < -0.3 is 4.74 Å². The molecule has 1 saturated heterocycles. The van der Waals surface area contributed by atoms with Crippen molar-refractivity contribution in [3.63, 3.8) is 0 Å². The molecule has 1 heterocycles. The number of anilines is 1. The van der Waals surface area contributed by atoms with Crippen molar-refractivity contribution in [2.45, 2.75) is 6.61 Å². The predicted molar refractivity (Wildman–Crippen MR) is 129 cm³/mol. The molecule has 36 heavy (non-hydrogen) atoms. The van der Waals surface area contributed by atoms with E-state index < -0.39 is 22.8 Å². The van der Waals surface area contributed by atoms with Crippen LogP contribution < -0.4 is 15.0 Å². The molecule has 1 aliphatic heterocycles. The molecular weight excluding hydrogens is 516 g/mol. The average molecular weight is 530 g/mol. The SMILES string of the molecule is O=C1NC(=O)N(c2ccc([N+](=O)[O-])cc2)C(=O)/C1=C/c1cc(Cl)c(OCc2ccc(F)cc2)c(Cl)c1. The molecule has 0 saturated carbocycles. The molecular formula is C24H14Cl2FN3O6. The Labute approximate surface area is 212 Å². The van der Waals surface area contributed by atoms with Gasteiger partial charge in [-0.25, -0.2) is 14.1 Å². The van der Waals surface area contributed by atoms with Gasteiger partial charge in [0.25, 0.3) is 17.5 Å². The molecule has 4 amide bonds. The average Bonchev–Trinajstić information content (AvgIpc) is 2.82. The first kappa shape index (κ1) is 24.8. The van der Waals surface area contributed by atoms with Gasteiger partial charge in [-0.3, -0.25) is 25.0 Å². The van der Waals surface area contributed by atoms with Crippen LogP contribution in [0.5, 0.6) is 5.75 Å². The topological polar surface area (TPSA) is 119 Å². The van der Waals surface area contributed by atoms with E-state index in [1.807, 2.05) is 0 Å². The molecule has 0 spiro atoms. The molecule has 12 heteroatoms. The van der Waals surface area contributed by atoms with E-state index in [-0.39, 0.29) is 50.7 Å². The second-order valence-electron chi connectivity index (χ2n) is 7.46. The molecule has 0 aliphatic carbocycles. The van der Waals surface area contributed by atoms with Crippen LogP contribution in [0, 0.1) is 15.9 Å². The van der Waals surface area contributed by atoms with Crippen molar-refractivity contribution in [2.75, 3.05) is 4.90 Å². The lowest BCUT2D eigenvalue weighted by molar-refractivity contribution is -0.384. The van der Waals surface area contributed by atoms with Gasteiger partial charge in [0, 0.05) is 12.1 Å².